The highest BCUT2D eigenvalue weighted by atomic mass is 19.4. The second kappa shape index (κ2) is 4.65. The van der Waals surface area contributed by atoms with Gasteiger partial charge in [0.05, 0.1) is 0 Å². The zero-order valence-electron chi connectivity index (χ0n) is 7.89. The summed E-state index contributed by atoms with van der Waals surface area (Å²) in [6.45, 7) is -0.832. The molecule has 0 amide bonds. The van der Waals surface area contributed by atoms with E-state index in [-0.39, 0.29) is 0 Å². The molecule has 2 N–H and O–H groups in total. The zero-order valence-corrected chi connectivity index (χ0v) is 7.89. The van der Waals surface area contributed by atoms with Gasteiger partial charge in [0.1, 0.15) is 17.4 Å². The van der Waals surface area contributed by atoms with Crippen LogP contribution >= 0.6 is 0 Å². The van der Waals surface area contributed by atoms with E-state index >= 15 is 0 Å². The van der Waals surface area contributed by atoms with Crippen LogP contribution in [0.4, 0.5) is 22.0 Å². The first-order valence-corrected chi connectivity index (χ1v) is 4.22. The van der Waals surface area contributed by atoms with Crippen molar-refractivity contribution in [2.75, 3.05) is 6.54 Å². The van der Waals surface area contributed by atoms with Gasteiger partial charge in [-0.2, -0.15) is 13.2 Å². The Morgan fingerprint density at radius 2 is 1.62 bits per heavy atom. The van der Waals surface area contributed by atoms with E-state index < -0.39 is 36.2 Å². The van der Waals surface area contributed by atoms with E-state index in [1.165, 1.54) is 0 Å². The van der Waals surface area contributed by atoms with Crippen molar-refractivity contribution >= 4 is 0 Å². The third-order valence-electron chi connectivity index (χ3n) is 1.69. The first kappa shape index (κ1) is 12.7. The number of alkyl halides is 3. The summed E-state index contributed by atoms with van der Waals surface area (Å²) in [6, 6.07) is 1.83. The van der Waals surface area contributed by atoms with Gasteiger partial charge in [-0.05, 0) is 0 Å². The number of nitrogens with two attached hydrogens (primary N) is 1. The molecule has 0 aromatic heterocycles. The largest absolute Gasteiger partial charge is 0.479 e. The predicted molar refractivity (Wildman–Crippen MR) is 45.9 cm³/mol. The lowest BCUT2D eigenvalue weighted by atomic mass is 10.3. The summed E-state index contributed by atoms with van der Waals surface area (Å²) in [6.07, 6.45) is -6.97. The van der Waals surface area contributed by atoms with E-state index in [1.54, 1.807) is 0 Å². The van der Waals surface area contributed by atoms with Crippen molar-refractivity contribution in [2.45, 2.75) is 12.3 Å². The van der Waals surface area contributed by atoms with Gasteiger partial charge in [0.2, 0.25) is 6.10 Å². The van der Waals surface area contributed by atoms with Gasteiger partial charge in [-0.3, -0.25) is 0 Å². The summed E-state index contributed by atoms with van der Waals surface area (Å²) in [5.74, 6) is -2.59. The highest BCUT2D eigenvalue weighted by Crippen LogP contribution is 2.25. The molecule has 0 aliphatic rings. The Bertz CT molecular complexity index is 345. The molecule has 0 saturated carbocycles. The number of rotatable bonds is 3. The quantitative estimate of drug-likeness (QED) is 0.823. The van der Waals surface area contributed by atoms with E-state index in [0.717, 1.165) is 0 Å². The van der Waals surface area contributed by atoms with E-state index in [0.29, 0.717) is 18.2 Å². The van der Waals surface area contributed by atoms with E-state index in [4.69, 9.17) is 5.73 Å². The summed E-state index contributed by atoms with van der Waals surface area (Å²) in [4.78, 5) is 0. The van der Waals surface area contributed by atoms with Gasteiger partial charge in [-0.1, -0.05) is 0 Å². The molecule has 0 aliphatic heterocycles. The van der Waals surface area contributed by atoms with E-state index in [1.807, 2.05) is 0 Å². The first-order chi connectivity index (χ1) is 7.32. The maximum atomic E-state index is 12.6. The van der Waals surface area contributed by atoms with Gasteiger partial charge >= 0.3 is 6.18 Å². The van der Waals surface area contributed by atoms with E-state index in [2.05, 4.69) is 4.74 Å². The smallest absolute Gasteiger partial charge is 0.426 e. The number of hydrogen-bond acceptors (Lipinski definition) is 2. The van der Waals surface area contributed by atoms with Crippen LogP contribution in [0.3, 0.4) is 0 Å². The number of ether oxygens (including phenoxy) is 1. The average molecular weight is 241 g/mol. The summed E-state index contributed by atoms with van der Waals surface area (Å²) in [5, 5.41) is 0. The van der Waals surface area contributed by atoms with Crippen LogP contribution in [0.1, 0.15) is 0 Å². The molecule has 90 valence electrons. The maximum Gasteiger partial charge on any atom is 0.426 e. The zero-order chi connectivity index (χ0) is 12.3. The molecule has 0 spiro atoms. The molecule has 1 aromatic rings. The first-order valence-electron chi connectivity index (χ1n) is 4.22. The Morgan fingerprint density at radius 3 is 2.00 bits per heavy atom. The standard InChI is InChI=1S/C9H8F5NO/c10-5-1-6(11)3-7(2-5)16-8(4-15)9(12,13)14/h1-3,8H,4,15H2. The molecule has 0 aliphatic carbocycles. The highest BCUT2D eigenvalue weighted by Gasteiger charge is 2.40. The molecule has 1 atom stereocenters. The summed E-state index contributed by atoms with van der Waals surface area (Å²) >= 11 is 0. The second-order valence-electron chi connectivity index (χ2n) is 2.99. The Labute approximate surface area is 87.8 Å². The predicted octanol–water partition coefficient (Wildman–Crippen LogP) is 2.23. The van der Waals surface area contributed by atoms with Crippen molar-refractivity contribution in [1.82, 2.24) is 0 Å². The van der Waals surface area contributed by atoms with Crippen molar-refractivity contribution < 1.29 is 26.7 Å². The topological polar surface area (TPSA) is 35.2 Å². The molecule has 0 bridgehead atoms. The van der Waals surface area contributed by atoms with Crippen LogP contribution in [0.5, 0.6) is 5.75 Å². The molecule has 0 fully saturated rings. The minimum atomic E-state index is -4.68. The monoisotopic (exact) mass is 241 g/mol. The third-order valence-corrected chi connectivity index (χ3v) is 1.69. The normalized spacial score (nSPS) is 13.6. The molecule has 1 rings (SSSR count). The molecular weight excluding hydrogens is 233 g/mol. The van der Waals surface area contributed by atoms with Crippen LogP contribution in [-0.4, -0.2) is 18.8 Å². The number of halogens is 5. The fourth-order valence-electron chi connectivity index (χ4n) is 1.01. The lowest BCUT2D eigenvalue weighted by Gasteiger charge is -2.20. The van der Waals surface area contributed by atoms with E-state index in [9.17, 15) is 22.0 Å². The highest BCUT2D eigenvalue weighted by molar-refractivity contribution is 5.24. The molecule has 0 radical (unpaired) electrons. The Balaban J connectivity index is 2.86. The maximum absolute atomic E-state index is 12.6. The minimum absolute atomic E-state index is 0.526. The van der Waals surface area contributed by atoms with Crippen LogP contribution in [0.15, 0.2) is 18.2 Å². The van der Waals surface area contributed by atoms with Crippen LogP contribution < -0.4 is 10.5 Å². The average Bonchev–Trinajstić information content (AvgIpc) is 2.10. The van der Waals surface area contributed by atoms with Crippen LogP contribution in [0, 0.1) is 11.6 Å². The molecule has 16 heavy (non-hydrogen) atoms. The molecule has 0 saturated heterocycles. The molecular formula is C9H8F5NO. The number of hydrogen-bond donors (Lipinski definition) is 1. The molecule has 0 heterocycles. The van der Waals surface area contributed by atoms with Gasteiger partial charge in [0.25, 0.3) is 0 Å². The second-order valence-corrected chi connectivity index (χ2v) is 2.99. The molecule has 7 heteroatoms. The Hall–Kier alpha value is -1.37. The summed E-state index contributed by atoms with van der Waals surface area (Å²) < 4.78 is 66.3. The summed E-state index contributed by atoms with van der Waals surface area (Å²) in [7, 11) is 0. The van der Waals surface area contributed by atoms with Gasteiger partial charge < -0.3 is 10.5 Å². The lowest BCUT2D eigenvalue weighted by molar-refractivity contribution is -0.191. The fraction of sp³-hybridized carbons (Fsp3) is 0.333. The fourth-order valence-corrected chi connectivity index (χ4v) is 1.01. The van der Waals surface area contributed by atoms with Gasteiger partial charge in [-0.25, -0.2) is 8.78 Å². The van der Waals surface area contributed by atoms with Gasteiger partial charge in [0.15, 0.2) is 0 Å². The molecule has 1 unspecified atom stereocenters. The van der Waals surface area contributed by atoms with Crippen molar-refractivity contribution in [2.24, 2.45) is 5.73 Å². The van der Waals surface area contributed by atoms with Crippen LogP contribution in [0.25, 0.3) is 0 Å². The SMILES string of the molecule is NCC(Oc1cc(F)cc(F)c1)C(F)(F)F. The van der Waals surface area contributed by atoms with Gasteiger partial charge in [-0.15, -0.1) is 0 Å². The minimum Gasteiger partial charge on any atom is -0.479 e. The van der Waals surface area contributed by atoms with Crippen molar-refractivity contribution in [3.63, 3.8) is 0 Å². The third kappa shape index (κ3) is 3.34. The Kier molecular flexibility index (Phi) is 3.69. The van der Waals surface area contributed by atoms with Crippen molar-refractivity contribution in [3.8, 4) is 5.75 Å². The summed E-state index contributed by atoms with van der Waals surface area (Å²) in [5.41, 5.74) is 4.85. The lowest BCUT2D eigenvalue weighted by Crippen LogP contribution is -2.40. The van der Waals surface area contributed by atoms with Crippen molar-refractivity contribution in [1.29, 1.82) is 0 Å². The van der Waals surface area contributed by atoms with Gasteiger partial charge in [0, 0.05) is 24.7 Å². The van der Waals surface area contributed by atoms with Crippen LogP contribution in [0.2, 0.25) is 0 Å². The molecule has 1 aromatic carbocycles. The van der Waals surface area contributed by atoms with Crippen molar-refractivity contribution in [3.05, 3.63) is 29.8 Å². The number of benzene rings is 1. The molecule has 2 nitrogen and oxygen atoms in total. The Morgan fingerprint density at radius 1 is 1.12 bits per heavy atom. The van der Waals surface area contributed by atoms with Crippen LogP contribution in [-0.2, 0) is 0 Å².